The maximum absolute atomic E-state index is 9.13. The third-order valence-electron chi connectivity index (χ3n) is 3.25. The van der Waals surface area contributed by atoms with Crippen LogP contribution in [0.1, 0.15) is 5.56 Å². The van der Waals surface area contributed by atoms with Crippen molar-refractivity contribution in [2.24, 2.45) is 0 Å². The average Bonchev–Trinajstić information content (AvgIpc) is 2.44. The molecule has 1 aromatic carbocycles. The molecule has 0 fully saturated rings. The van der Waals surface area contributed by atoms with Gasteiger partial charge in [0.05, 0.1) is 18.2 Å². The fourth-order valence-corrected chi connectivity index (χ4v) is 2.84. The third-order valence-corrected chi connectivity index (χ3v) is 3.75. The molecule has 0 saturated carbocycles. The van der Waals surface area contributed by atoms with E-state index in [1.54, 1.807) is 13.2 Å². The SMILES string of the molecule is COCCN(CCO)CC1=Cc2cc(Cl)cc(Cl)c2OC1. The molecule has 0 atom stereocenters. The maximum Gasteiger partial charge on any atom is 0.145 e. The number of fused-ring (bicyclic) bond motifs is 1. The molecule has 1 aromatic rings. The molecule has 0 aliphatic carbocycles. The van der Waals surface area contributed by atoms with Gasteiger partial charge < -0.3 is 14.6 Å². The van der Waals surface area contributed by atoms with Crippen LogP contribution in [0.3, 0.4) is 0 Å². The highest BCUT2D eigenvalue weighted by molar-refractivity contribution is 6.36. The van der Waals surface area contributed by atoms with Gasteiger partial charge in [-0.2, -0.15) is 0 Å². The van der Waals surface area contributed by atoms with Gasteiger partial charge in [0.25, 0.3) is 0 Å². The summed E-state index contributed by atoms with van der Waals surface area (Å²) < 4.78 is 10.8. The van der Waals surface area contributed by atoms with Crippen molar-refractivity contribution < 1.29 is 14.6 Å². The largest absolute Gasteiger partial charge is 0.487 e. The van der Waals surface area contributed by atoms with Crippen molar-refractivity contribution in [2.45, 2.75) is 0 Å². The Labute approximate surface area is 134 Å². The van der Waals surface area contributed by atoms with Gasteiger partial charge in [-0.3, -0.25) is 4.90 Å². The van der Waals surface area contributed by atoms with E-state index in [2.05, 4.69) is 4.90 Å². The Morgan fingerprint density at radius 1 is 1.33 bits per heavy atom. The van der Waals surface area contributed by atoms with Crippen molar-refractivity contribution in [3.05, 3.63) is 33.3 Å². The van der Waals surface area contributed by atoms with Gasteiger partial charge in [0, 0.05) is 37.3 Å². The number of aliphatic hydroxyl groups is 1. The van der Waals surface area contributed by atoms with Crippen LogP contribution in [0.5, 0.6) is 5.75 Å². The molecule has 0 amide bonds. The topological polar surface area (TPSA) is 41.9 Å². The van der Waals surface area contributed by atoms with Crippen molar-refractivity contribution >= 4 is 29.3 Å². The molecule has 0 saturated heterocycles. The second-order valence-corrected chi connectivity index (χ2v) is 5.73. The number of nitrogens with zero attached hydrogens (tertiary/aromatic N) is 1. The Bertz CT molecular complexity index is 520. The van der Waals surface area contributed by atoms with E-state index in [1.165, 1.54) is 0 Å². The minimum absolute atomic E-state index is 0.117. The van der Waals surface area contributed by atoms with E-state index in [-0.39, 0.29) is 6.61 Å². The number of methoxy groups -OCH3 is 1. The fourth-order valence-electron chi connectivity index (χ4n) is 2.28. The van der Waals surface area contributed by atoms with Gasteiger partial charge in [0.2, 0.25) is 0 Å². The predicted molar refractivity (Wildman–Crippen MR) is 85.3 cm³/mol. The van der Waals surface area contributed by atoms with E-state index < -0.39 is 0 Å². The van der Waals surface area contributed by atoms with Crippen LogP contribution in [0.25, 0.3) is 6.08 Å². The molecule has 21 heavy (non-hydrogen) atoms. The Kier molecular flexibility index (Phi) is 6.33. The average molecular weight is 332 g/mol. The fraction of sp³-hybridized carbons (Fsp3) is 0.467. The summed E-state index contributed by atoms with van der Waals surface area (Å²) in [5.41, 5.74) is 2.01. The number of halogens is 2. The standard InChI is InChI=1S/C15H19Cl2NO3/c1-20-5-3-18(2-4-19)9-11-6-12-7-13(16)8-14(17)15(12)21-10-11/h6-8,19H,2-5,9-10H2,1H3. The van der Waals surface area contributed by atoms with Crippen LogP contribution >= 0.6 is 23.2 Å². The van der Waals surface area contributed by atoms with E-state index in [9.17, 15) is 0 Å². The van der Waals surface area contributed by atoms with Crippen LogP contribution < -0.4 is 4.74 Å². The summed E-state index contributed by atoms with van der Waals surface area (Å²) in [6, 6.07) is 3.52. The van der Waals surface area contributed by atoms with Gasteiger partial charge >= 0.3 is 0 Å². The summed E-state index contributed by atoms with van der Waals surface area (Å²) >= 11 is 12.1. The van der Waals surface area contributed by atoms with Crippen LogP contribution in [0.2, 0.25) is 10.0 Å². The molecule has 0 spiro atoms. The van der Waals surface area contributed by atoms with Gasteiger partial charge in [0.15, 0.2) is 0 Å². The van der Waals surface area contributed by atoms with Crippen molar-refractivity contribution in [1.82, 2.24) is 4.90 Å². The summed E-state index contributed by atoms with van der Waals surface area (Å²) in [5, 5.41) is 10.2. The highest BCUT2D eigenvalue weighted by Gasteiger charge is 2.17. The summed E-state index contributed by atoms with van der Waals surface area (Å²) in [7, 11) is 1.67. The lowest BCUT2D eigenvalue weighted by Gasteiger charge is -2.25. The highest BCUT2D eigenvalue weighted by atomic mass is 35.5. The quantitative estimate of drug-likeness (QED) is 0.834. The normalized spacial score (nSPS) is 13.9. The zero-order valence-electron chi connectivity index (χ0n) is 11.9. The Balaban J connectivity index is 2.11. The lowest BCUT2D eigenvalue weighted by atomic mass is 10.1. The monoisotopic (exact) mass is 331 g/mol. The first-order valence-electron chi connectivity index (χ1n) is 6.77. The smallest absolute Gasteiger partial charge is 0.145 e. The lowest BCUT2D eigenvalue weighted by Crippen LogP contribution is -2.33. The lowest BCUT2D eigenvalue weighted by molar-refractivity contribution is 0.135. The maximum atomic E-state index is 9.13. The van der Waals surface area contributed by atoms with Crippen LogP contribution in [-0.4, -0.2) is 56.6 Å². The summed E-state index contributed by atoms with van der Waals surface area (Å²) in [4.78, 5) is 2.12. The summed E-state index contributed by atoms with van der Waals surface area (Å²) in [6.07, 6.45) is 2.05. The van der Waals surface area contributed by atoms with Gasteiger partial charge in [-0.1, -0.05) is 23.2 Å². The first kappa shape index (κ1) is 16.6. The van der Waals surface area contributed by atoms with Crippen LogP contribution in [-0.2, 0) is 4.74 Å². The van der Waals surface area contributed by atoms with Gasteiger partial charge in [-0.05, 0) is 23.8 Å². The first-order chi connectivity index (χ1) is 10.1. The third kappa shape index (κ3) is 4.59. The predicted octanol–water partition coefficient (Wildman–Crippen LogP) is 2.71. The van der Waals surface area contributed by atoms with Crippen LogP contribution in [0.4, 0.5) is 0 Å². The van der Waals surface area contributed by atoms with E-state index in [0.717, 1.165) is 17.7 Å². The molecular weight excluding hydrogens is 313 g/mol. The van der Waals surface area contributed by atoms with E-state index in [0.29, 0.717) is 42.1 Å². The number of ether oxygens (including phenoxy) is 2. The minimum atomic E-state index is 0.117. The molecule has 0 unspecified atom stereocenters. The molecule has 2 rings (SSSR count). The number of aliphatic hydroxyl groups excluding tert-OH is 1. The zero-order valence-corrected chi connectivity index (χ0v) is 13.5. The van der Waals surface area contributed by atoms with E-state index in [1.807, 2.05) is 12.1 Å². The Morgan fingerprint density at radius 2 is 2.14 bits per heavy atom. The second-order valence-electron chi connectivity index (χ2n) is 4.89. The minimum Gasteiger partial charge on any atom is -0.487 e. The van der Waals surface area contributed by atoms with Crippen LogP contribution in [0, 0.1) is 0 Å². The van der Waals surface area contributed by atoms with E-state index >= 15 is 0 Å². The molecule has 0 aromatic heterocycles. The molecular formula is C15H19Cl2NO3. The zero-order chi connectivity index (χ0) is 15.2. The van der Waals surface area contributed by atoms with Gasteiger partial charge in [-0.15, -0.1) is 0 Å². The van der Waals surface area contributed by atoms with Gasteiger partial charge in [0.1, 0.15) is 12.4 Å². The molecule has 1 aliphatic heterocycles. The second kappa shape index (κ2) is 8.01. The molecule has 1 heterocycles. The Hall–Kier alpha value is -0.780. The highest BCUT2D eigenvalue weighted by Crippen LogP contribution is 2.36. The van der Waals surface area contributed by atoms with Crippen LogP contribution in [0.15, 0.2) is 17.7 Å². The van der Waals surface area contributed by atoms with Gasteiger partial charge in [-0.25, -0.2) is 0 Å². The number of benzene rings is 1. The number of rotatable bonds is 7. The van der Waals surface area contributed by atoms with Crippen molar-refractivity contribution in [1.29, 1.82) is 0 Å². The molecule has 1 aliphatic rings. The molecule has 0 bridgehead atoms. The molecule has 1 N–H and O–H groups in total. The first-order valence-corrected chi connectivity index (χ1v) is 7.53. The number of hydrogen-bond donors (Lipinski definition) is 1. The summed E-state index contributed by atoms with van der Waals surface area (Å²) in [5.74, 6) is 0.676. The summed E-state index contributed by atoms with van der Waals surface area (Å²) in [6.45, 7) is 3.31. The molecule has 116 valence electrons. The van der Waals surface area contributed by atoms with E-state index in [4.69, 9.17) is 37.8 Å². The number of hydrogen-bond acceptors (Lipinski definition) is 4. The molecule has 4 nitrogen and oxygen atoms in total. The van der Waals surface area contributed by atoms with Crippen molar-refractivity contribution in [3.63, 3.8) is 0 Å². The van der Waals surface area contributed by atoms with Crippen molar-refractivity contribution in [3.8, 4) is 5.75 Å². The molecule has 0 radical (unpaired) electrons. The molecule has 6 heteroatoms. The Morgan fingerprint density at radius 3 is 2.86 bits per heavy atom. The van der Waals surface area contributed by atoms with Crippen molar-refractivity contribution in [2.75, 3.05) is 46.6 Å².